The molecule has 0 radical (unpaired) electrons. The third-order valence-corrected chi connectivity index (χ3v) is 4.44. The maximum absolute atomic E-state index is 11.9. The number of rotatable bonds is 7. The van der Waals surface area contributed by atoms with Gasteiger partial charge in [0.25, 0.3) is 5.91 Å². The van der Waals surface area contributed by atoms with E-state index in [1.807, 2.05) is 19.1 Å². The molecule has 2 aromatic carbocycles. The van der Waals surface area contributed by atoms with Crippen LogP contribution in [0.4, 0.5) is 11.4 Å². The Morgan fingerprint density at radius 3 is 2.79 bits per heavy atom. The highest BCUT2D eigenvalue weighted by molar-refractivity contribution is 5.85. The van der Waals surface area contributed by atoms with Gasteiger partial charge in [0.1, 0.15) is 0 Å². The fourth-order valence-corrected chi connectivity index (χ4v) is 2.90. The molecule has 3 rings (SSSR count). The molecule has 0 aliphatic carbocycles. The average molecular weight is 398 g/mol. The van der Waals surface area contributed by atoms with Crippen molar-refractivity contribution in [2.45, 2.75) is 6.92 Å². The van der Waals surface area contributed by atoms with E-state index in [1.165, 1.54) is 18.2 Å². The molecule has 9 heteroatoms. The molecule has 1 aliphatic heterocycles. The summed E-state index contributed by atoms with van der Waals surface area (Å²) < 4.78 is 10.6. The number of nitrogens with one attached hydrogen (secondary N) is 1. The van der Waals surface area contributed by atoms with Crippen molar-refractivity contribution in [3.63, 3.8) is 0 Å². The number of nitro groups is 1. The lowest BCUT2D eigenvalue weighted by atomic mass is 10.1. The highest BCUT2D eigenvalue weighted by Crippen LogP contribution is 2.25. The number of nitro benzene ring substituents is 1. The van der Waals surface area contributed by atoms with E-state index in [0.29, 0.717) is 0 Å². The minimum atomic E-state index is -0.561. The van der Waals surface area contributed by atoms with Gasteiger partial charge in [0.05, 0.1) is 24.4 Å². The van der Waals surface area contributed by atoms with Gasteiger partial charge in [0, 0.05) is 24.8 Å². The number of para-hydroxylation sites is 2. The summed E-state index contributed by atoms with van der Waals surface area (Å²) >= 11 is 0. The summed E-state index contributed by atoms with van der Waals surface area (Å²) in [7, 11) is 0. The number of amides is 1. The second-order valence-electron chi connectivity index (χ2n) is 6.45. The van der Waals surface area contributed by atoms with Crippen molar-refractivity contribution in [2.75, 3.05) is 37.8 Å². The fraction of sp³-hybridized carbons (Fsp3) is 0.300. The van der Waals surface area contributed by atoms with Crippen LogP contribution in [-0.4, -0.2) is 50.0 Å². The van der Waals surface area contributed by atoms with Crippen molar-refractivity contribution >= 4 is 23.5 Å². The van der Waals surface area contributed by atoms with Crippen molar-refractivity contribution < 1.29 is 19.2 Å². The van der Waals surface area contributed by atoms with E-state index in [-0.39, 0.29) is 18.0 Å². The van der Waals surface area contributed by atoms with Crippen LogP contribution >= 0.6 is 0 Å². The van der Waals surface area contributed by atoms with E-state index >= 15 is 0 Å². The molecule has 152 valence electrons. The van der Waals surface area contributed by atoms with Crippen molar-refractivity contribution in [3.05, 3.63) is 63.7 Å². The Balaban J connectivity index is 1.53. The summed E-state index contributed by atoms with van der Waals surface area (Å²) in [6.45, 7) is 4.78. The van der Waals surface area contributed by atoms with Gasteiger partial charge >= 0.3 is 5.69 Å². The zero-order chi connectivity index (χ0) is 20.6. The molecular weight excluding hydrogens is 376 g/mol. The summed E-state index contributed by atoms with van der Waals surface area (Å²) in [6, 6.07) is 11.9. The van der Waals surface area contributed by atoms with Gasteiger partial charge in [-0.15, -0.1) is 0 Å². The molecule has 29 heavy (non-hydrogen) atoms. The standard InChI is InChI=1S/C20H22N4O5/c1-15-12-17(23-8-10-28-11-9-23)7-6-16(15)13-21-22-20(25)14-29-19-5-3-2-4-18(19)24(26)27/h2-7,12-13H,8-11,14H2,1H3,(H,22,25)/b21-13+. The Hall–Kier alpha value is -3.46. The maximum atomic E-state index is 11.9. The Morgan fingerprint density at radius 2 is 2.07 bits per heavy atom. The summed E-state index contributed by atoms with van der Waals surface area (Å²) in [6.07, 6.45) is 1.56. The van der Waals surface area contributed by atoms with Crippen molar-refractivity contribution in [1.82, 2.24) is 5.43 Å². The van der Waals surface area contributed by atoms with Gasteiger partial charge < -0.3 is 14.4 Å². The van der Waals surface area contributed by atoms with Gasteiger partial charge in [-0.25, -0.2) is 5.43 Å². The monoisotopic (exact) mass is 398 g/mol. The Bertz CT molecular complexity index is 909. The number of hydrogen-bond acceptors (Lipinski definition) is 7. The molecular formula is C20H22N4O5. The molecule has 1 amide bonds. The molecule has 0 saturated carbocycles. The quantitative estimate of drug-likeness (QED) is 0.436. The van der Waals surface area contributed by atoms with Crippen LogP contribution in [0, 0.1) is 17.0 Å². The summed E-state index contributed by atoms with van der Waals surface area (Å²) in [5.74, 6) is -0.479. The molecule has 0 atom stereocenters. The Labute approximate surface area is 168 Å². The van der Waals surface area contributed by atoms with E-state index in [4.69, 9.17) is 9.47 Å². The van der Waals surface area contributed by atoms with Crippen LogP contribution in [0.15, 0.2) is 47.6 Å². The number of benzene rings is 2. The number of carbonyl (C=O) groups excluding carboxylic acids is 1. The number of carbonyl (C=O) groups is 1. The lowest BCUT2D eigenvalue weighted by molar-refractivity contribution is -0.385. The third-order valence-electron chi connectivity index (χ3n) is 4.44. The van der Waals surface area contributed by atoms with E-state index in [9.17, 15) is 14.9 Å². The van der Waals surface area contributed by atoms with Crippen LogP contribution in [0.3, 0.4) is 0 Å². The number of nitrogens with zero attached hydrogens (tertiary/aromatic N) is 3. The third kappa shape index (κ3) is 5.52. The summed E-state index contributed by atoms with van der Waals surface area (Å²) in [5.41, 5.74) is 5.21. The van der Waals surface area contributed by atoms with Gasteiger partial charge in [0.2, 0.25) is 0 Å². The van der Waals surface area contributed by atoms with Crippen LogP contribution in [0.2, 0.25) is 0 Å². The van der Waals surface area contributed by atoms with E-state index in [1.54, 1.807) is 12.3 Å². The molecule has 0 unspecified atom stereocenters. The van der Waals surface area contributed by atoms with Gasteiger partial charge in [-0.3, -0.25) is 14.9 Å². The maximum Gasteiger partial charge on any atom is 0.310 e. The molecule has 1 saturated heterocycles. The fourth-order valence-electron chi connectivity index (χ4n) is 2.90. The molecule has 1 aliphatic rings. The SMILES string of the molecule is Cc1cc(N2CCOCC2)ccc1/C=N/NC(=O)COc1ccccc1[N+](=O)[O-]. The molecule has 1 heterocycles. The first-order valence-electron chi connectivity index (χ1n) is 9.16. The van der Waals surface area contributed by atoms with E-state index < -0.39 is 10.8 Å². The van der Waals surface area contributed by atoms with Crippen LogP contribution in [0.1, 0.15) is 11.1 Å². The number of anilines is 1. The van der Waals surface area contributed by atoms with Gasteiger partial charge in [-0.2, -0.15) is 5.10 Å². The molecule has 1 N–H and O–H groups in total. The van der Waals surface area contributed by atoms with Gasteiger partial charge in [0.15, 0.2) is 12.4 Å². The summed E-state index contributed by atoms with van der Waals surface area (Å²) in [5, 5.41) is 14.9. The van der Waals surface area contributed by atoms with E-state index in [2.05, 4.69) is 21.5 Å². The lowest BCUT2D eigenvalue weighted by Crippen LogP contribution is -2.36. The minimum absolute atomic E-state index is 0.0335. The topological polar surface area (TPSA) is 106 Å². The number of hydrazone groups is 1. The van der Waals surface area contributed by atoms with Gasteiger partial charge in [-0.1, -0.05) is 18.2 Å². The van der Waals surface area contributed by atoms with Crippen LogP contribution in [0.25, 0.3) is 0 Å². The average Bonchev–Trinajstić information content (AvgIpc) is 2.74. The second-order valence-corrected chi connectivity index (χ2v) is 6.45. The zero-order valence-corrected chi connectivity index (χ0v) is 16.0. The first-order valence-corrected chi connectivity index (χ1v) is 9.16. The van der Waals surface area contributed by atoms with Crippen LogP contribution in [-0.2, 0) is 9.53 Å². The predicted octanol–water partition coefficient (Wildman–Crippen LogP) is 2.27. The lowest BCUT2D eigenvalue weighted by Gasteiger charge is -2.29. The molecule has 9 nitrogen and oxygen atoms in total. The highest BCUT2D eigenvalue weighted by Gasteiger charge is 2.15. The molecule has 0 spiro atoms. The van der Waals surface area contributed by atoms with E-state index in [0.717, 1.165) is 43.1 Å². The molecule has 1 fully saturated rings. The largest absolute Gasteiger partial charge is 0.477 e. The minimum Gasteiger partial charge on any atom is -0.477 e. The van der Waals surface area contributed by atoms with Gasteiger partial charge in [-0.05, 0) is 36.2 Å². The predicted molar refractivity (Wildman–Crippen MR) is 109 cm³/mol. The first kappa shape index (κ1) is 20.3. The number of morpholine rings is 1. The molecule has 0 bridgehead atoms. The number of hydrogen-bond donors (Lipinski definition) is 1. The smallest absolute Gasteiger partial charge is 0.310 e. The van der Waals surface area contributed by atoms with Crippen molar-refractivity contribution in [1.29, 1.82) is 0 Å². The first-order chi connectivity index (χ1) is 14.0. The molecule has 0 aromatic heterocycles. The van der Waals surface area contributed by atoms with Crippen molar-refractivity contribution in [2.24, 2.45) is 5.10 Å². The second kappa shape index (κ2) is 9.65. The van der Waals surface area contributed by atoms with Crippen molar-refractivity contribution in [3.8, 4) is 5.75 Å². The highest BCUT2D eigenvalue weighted by atomic mass is 16.6. The number of aryl methyl sites for hydroxylation is 1. The number of ether oxygens (including phenoxy) is 2. The van der Waals surface area contributed by atoms with Crippen LogP contribution < -0.4 is 15.1 Å². The van der Waals surface area contributed by atoms with Crippen LogP contribution in [0.5, 0.6) is 5.75 Å². The molecule has 2 aromatic rings. The summed E-state index contributed by atoms with van der Waals surface area (Å²) in [4.78, 5) is 24.5. The Kier molecular flexibility index (Phi) is 6.75. The Morgan fingerprint density at radius 1 is 1.31 bits per heavy atom. The normalized spacial score (nSPS) is 14.0. The zero-order valence-electron chi connectivity index (χ0n) is 16.0.